The summed E-state index contributed by atoms with van der Waals surface area (Å²) < 4.78 is 14.1. The number of halogens is 1. The molecular formula is C29H23FN2O. The lowest BCUT2D eigenvalue weighted by molar-refractivity contribution is -0.120. The monoisotopic (exact) mass is 434 g/mol. The van der Waals surface area contributed by atoms with Gasteiger partial charge < -0.3 is 5.32 Å². The van der Waals surface area contributed by atoms with Gasteiger partial charge in [0.15, 0.2) is 0 Å². The van der Waals surface area contributed by atoms with E-state index >= 15 is 0 Å². The lowest BCUT2D eigenvalue weighted by Crippen LogP contribution is -2.22. The van der Waals surface area contributed by atoms with Crippen molar-refractivity contribution in [1.29, 1.82) is 0 Å². The molecule has 162 valence electrons. The van der Waals surface area contributed by atoms with Crippen LogP contribution in [0.3, 0.4) is 0 Å². The van der Waals surface area contributed by atoms with E-state index in [0.29, 0.717) is 6.54 Å². The van der Waals surface area contributed by atoms with E-state index in [1.54, 1.807) is 6.07 Å². The van der Waals surface area contributed by atoms with Gasteiger partial charge in [-0.3, -0.25) is 4.79 Å². The molecule has 0 unspecified atom stereocenters. The molecule has 0 aliphatic heterocycles. The van der Waals surface area contributed by atoms with Crippen LogP contribution in [0.1, 0.15) is 35.7 Å². The molecule has 3 aromatic carbocycles. The molecule has 0 fully saturated rings. The number of fused-ring (bicyclic) bond motifs is 2. The largest absolute Gasteiger partial charge is 0.352 e. The second-order valence-corrected chi connectivity index (χ2v) is 8.22. The number of para-hydroxylation sites is 1. The van der Waals surface area contributed by atoms with Gasteiger partial charge in [0.25, 0.3) is 0 Å². The first kappa shape index (κ1) is 20.8. The van der Waals surface area contributed by atoms with Crippen LogP contribution in [0.15, 0.2) is 90.5 Å². The van der Waals surface area contributed by atoms with Gasteiger partial charge in [0.2, 0.25) is 5.91 Å². The Bertz CT molecular complexity index is 1420. The number of allylic oxidation sites excluding steroid dienone is 2. The highest BCUT2D eigenvalue weighted by atomic mass is 19.1. The van der Waals surface area contributed by atoms with Gasteiger partial charge in [0.1, 0.15) is 5.82 Å². The molecule has 0 spiro atoms. The molecule has 33 heavy (non-hydrogen) atoms. The molecular weight excluding hydrogens is 411 g/mol. The Morgan fingerprint density at radius 1 is 0.939 bits per heavy atom. The molecule has 1 aliphatic rings. The molecule has 1 heterocycles. The van der Waals surface area contributed by atoms with Crippen molar-refractivity contribution in [1.82, 2.24) is 10.3 Å². The summed E-state index contributed by atoms with van der Waals surface area (Å²) in [5.41, 5.74) is 7.28. The third kappa shape index (κ3) is 4.33. The van der Waals surface area contributed by atoms with E-state index < -0.39 is 0 Å². The topological polar surface area (TPSA) is 42.0 Å². The standard InChI is InChI=1S/C29H23FN2O/c1-19-25(16-23-13-11-21-9-5-6-10-28(21)32-23)24-14-12-22(30)15-27(24)26(19)17-29(33)31-18-20-7-3-2-4-8-20/h2-16H,17-18H2,1H3,(H,31,33)/b25-16-. The van der Waals surface area contributed by atoms with Gasteiger partial charge in [-0.15, -0.1) is 0 Å². The number of nitrogens with one attached hydrogen (secondary N) is 1. The Morgan fingerprint density at radius 3 is 2.58 bits per heavy atom. The van der Waals surface area contributed by atoms with Gasteiger partial charge in [-0.05, 0) is 70.7 Å². The maximum absolute atomic E-state index is 14.1. The number of benzene rings is 3. The van der Waals surface area contributed by atoms with E-state index in [-0.39, 0.29) is 18.1 Å². The van der Waals surface area contributed by atoms with Crippen molar-refractivity contribution < 1.29 is 9.18 Å². The molecule has 0 bridgehead atoms. The van der Waals surface area contributed by atoms with Crippen LogP contribution in [0.5, 0.6) is 0 Å². The van der Waals surface area contributed by atoms with Crippen molar-refractivity contribution in [3.63, 3.8) is 0 Å². The Hall–Kier alpha value is -4.05. The molecule has 1 amide bonds. The number of carbonyl (C=O) groups is 1. The maximum Gasteiger partial charge on any atom is 0.224 e. The van der Waals surface area contributed by atoms with E-state index in [2.05, 4.69) is 5.32 Å². The molecule has 0 atom stereocenters. The van der Waals surface area contributed by atoms with Gasteiger partial charge in [-0.2, -0.15) is 0 Å². The van der Waals surface area contributed by atoms with E-state index in [4.69, 9.17) is 4.98 Å². The number of rotatable bonds is 5. The Kier molecular flexibility index (Phi) is 5.57. The van der Waals surface area contributed by atoms with Crippen molar-refractivity contribution in [2.45, 2.75) is 19.9 Å². The summed E-state index contributed by atoms with van der Waals surface area (Å²) in [5.74, 6) is -0.401. The molecule has 3 nitrogen and oxygen atoms in total. The first-order chi connectivity index (χ1) is 16.1. The molecule has 1 N–H and O–H groups in total. The summed E-state index contributed by atoms with van der Waals surface area (Å²) in [4.78, 5) is 17.5. The third-order valence-electron chi connectivity index (χ3n) is 6.04. The van der Waals surface area contributed by atoms with Crippen molar-refractivity contribution >= 4 is 34.0 Å². The second-order valence-electron chi connectivity index (χ2n) is 8.22. The molecule has 4 aromatic rings. The first-order valence-electron chi connectivity index (χ1n) is 11.0. The number of amides is 1. The zero-order valence-electron chi connectivity index (χ0n) is 18.3. The highest BCUT2D eigenvalue weighted by Crippen LogP contribution is 2.43. The quantitative estimate of drug-likeness (QED) is 0.394. The average molecular weight is 435 g/mol. The Morgan fingerprint density at radius 2 is 1.73 bits per heavy atom. The van der Waals surface area contributed by atoms with Crippen molar-refractivity contribution in [2.75, 3.05) is 0 Å². The van der Waals surface area contributed by atoms with Gasteiger partial charge in [0.05, 0.1) is 17.6 Å². The fourth-order valence-electron chi connectivity index (χ4n) is 4.31. The summed E-state index contributed by atoms with van der Waals surface area (Å²) in [7, 11) is 0. The number of hydrogen-bond acceptors (Lipinski definition) is 2. The normalized spacial score (nSPS) is 14.1. The van der Waals surface area contributed by atoms with Gasteiger partial charge in [-0.25, -0.2) is 9.37 Å². The number of carbonyl (C=O) groups excluding carboxylic acids is 1. The number of hydrogen-bond donors (Lipinski definition) is 1. The second kappa shape index (κ2) is 8.83. The smallest absolute Gasteiger partial charge is 0.224 e. The average Bonchev–Trinajstić information content (AvgIpc) is 3.08. The number of nitrogens with zero attached hydrogens (tertiary/aromatic N) is 1. The van der Waals surface area contributed by atoms with E-state index in [1.165, 1.54) is 12.1 Å². The van der Waals surface area contributed by atoms with Crippen LogP contribution in [-0.4, -0.2) is 10.9 Å². The predicted octanol–water partition coefficient (Wildman–Crippen LogP) is 6.41. The highest BCUT2D eigenvalue weighted by molar-refractivity contribution is 6.08. The molecule has 1 aliphatic carbocycles. The molecule has 0 radical (unpaired) electrons. The first-order valence-corrected chi connectivity index (χ1v) is 11.0. The van der Waals surface area contributed by atoms with Gasteiger partial charge in [-0.1, -0.05) is 60.7 Å². The summed E-state index contributed by atoms with van der Waals surface area (Å²) in [6, 6.07) is 26.6. The highest BCUT2D eigenvalue weighted by Gasteiger charge is 2.25. The minimum Gasteiger partial charge on any atom is -0.352 e. The molecule has 1 aromatic heterocycles. The van der Waals surface area contributed by atoms with Gasteiger partial charge >= 0.3 is 0 Å². The van der Waals surface area contributed by atoms with Gasteiger partial charge in [0, 0.05) is 11.9 Å². The van der Waals surface area contributed by atoms with Crippen LogP contribution in [0, 0.1) is 5.82 Å². The van der Waals surface area contributed by atoms with Crippen molar-refractivity contribution in [3.05, 3.63) is 119 Å². The Balaban J connectivity index is 1.47. The van der Waals surface area contributed by atoms with Crippen LogP contribution < -0.4 is 5.32 Å². The number of aromatic nitrogens is 1. The summed E-state index contributed by atoms with van der Waals surface area (Å²) in [5, 5.41) is 4.06. The zero-order valence-corrected chi connectivity index (χ0v) is 18.3. The lowest BCUT2D eigenvalue weighted by atomic mass is 10.0. The summed E-state index contributed by atoms with van der Waals surface area (Å²) >= 11 is 0. The fraction of sp³-hybridized carbons (Fsp3) is 0.103. The third-order valence-corrected chi connectivity index (χ3v) is 6.04. The Labute approximate surface area is 192 Å². The SMILES string of the molecule is CC1=C(CC(=O)NCc2ccccc2)c2cc(F)ccc2/C1=C\c1ccc2ccccc2n1. The molecule has 4 heteroatoms. The van der Waals surface area contributed by atoms with Crippen LogP contribution in [0.4, 0.5) is 4.39 Å². The van der Waals surface area contributed by atoms with Crippen LogP contribution >= 0.6 is 0 Å². The van der Waals surface area contributed by atoms with Crippen molar-refractivity contribution in [2.24, 2.45) is 0 Å². The lowest BCUT2D eigenvalue weighted by Gasteiger charge is -2.08. The van der Waals surface area contributed by atoms with Crippen molar-refractivity contribution in [3.8, 4) is 0 Å². The minimum atomic E-state index is -0.311. The van der Waals surface area contributed by atoms with Crippen LogP contribution in [0.2, 0.25) is 0 Å². The zero-order chi connectivity index (χ0) is 22.8. The van der Waals surface area contributed by atoms with Crippen LogP contribution in [-0.2, 0) is 11.3 Å². The van der Waals surface area contributed by atoms with E-state index in [1.807, 2.05) is 79.7 Å². The maximum atomic E-state index is 14.1. The fourth-order valence-corrected chi connectivity index (χ4v) is 4.31. The predicted molar refractivity (Wildman–Crippen MR) is 132 cm³/mol. The van der Waals surface area contributed by atoms with Crippen LogP contribution in [0.25, 0.3) is 28.1 Å². The van der Waals surface area contributed by atoms with E-state index in [0.717, 1.165) is 50.0 Å². The summed E-state index contributed by atoms with van der Waals surface area (Å²) in [6.07, 6.45) is 2.21. The molecule has 0 saturated heterocycles. The molecule has 5 rings (SSSR count). The minimum absolute atomic E-state index is 0.0894. The van der Waals surface area contributed by atoms with E-state index in [9.17, 15) is 9.18 Å². The summed E-state index contributed by atoms with van der Waals surface area (Å²) in [6.45, 7) is 2.45. The molecule has 0 saturated carbocycles. The number of pyridine rings is 1.